The maximum absolute atomic E-state index is 12.5. The highest BCUT2D eigenvalue weighted by Gasteiger charge is 2.43. The van der Waals surface area contributed by atoms with Gasteiger partial charge in [0.05, 0.1) is 5.69 Å². The summed E-state index contributed by atoms with van der Waals surface area (Å²) < 4.78 is 5.36. The van der Waals surface area contributed by atoms with E-state index in [-0.39, 0.29) is 55.3 Å². The minimum absolute atomic E-state index is 0.0251. The summed E-state index contributed by atoms with van der Waals surface area (Å²) in [4.78, 5) is 50.5. The molecule has 0 aromatic heterocycles. The van der Waals surface area contributed by atoms with Crippen molar-refractivity contribution in [2.24, 2.45) is 11.3 Å². The lowest BCUT2D eigenvalue weighted by atomic mass is 9.70. The second-order valence-corrected chi connectivity index (χ2v) is 7.40. The molecule has 0 spiro atoms. The predicted molar refractivity (Wildman–Crippen MR) is 90.4 cm³/mol. The Hall–Kier alpha value is -2.50. The summed E-state index contributed by atoms with van der Waals surface area (Å²) in [6.07, 6.45) is 0.436. The summed E-state index contributed by atoms with van der Waals surface area (Å²) in [6, 6.07) is 7.09. The van der Waals surface area contributed by atoms with Crippen LogP contribution in [0.15, 0.2) is 24.3 Å². The smallest absolute Gasteiger partial charge is 0.265 e. The van der Waals surface area contributed by atoms with Crippen molar-refractivity contribution >= 4 is 28.9 Å². The highest BCUT2D eigenvalue weighted by molar-refractivity contribution is 6.21. The zero-order valence-electron chi connectivity index (χ0n) is 14.4. The molecular weight excluding hydrogens is 322 g/mol. The second kappa shape index (κ2) is 6.43. The van der Waals surface area contributed by atoms with Gasteiger partial charge in [0.2, 0.25) is 0 Å². The van der Waals surface area contributed by atoms with Gasteiger partial charge in [0.15, 0.2) is 24.0 Å². The molecule has 1 heterocycles. The first kappa shape index (κ1) is 17.3. The fraction of sp³-hybridized carbons (Fsp3) is 0.474. The maximum Gasteiger partial charge on any atom is 0.265 e. The van der Waals surface area contributed by atoms with Gasteiger partial charge >= 0.3 is 0 Å². The number of nitrogens with zero attached hydrogens (tertiary/aromatic N) is 1. The quantitative estimate of drug-likeness (QED) is 0.781. The lowest BCUT2D eigenvalue weighted by Crippen LogP contribution is -2.44. The van der Waals surface area contributed by atoms with Crippen molar-refractivity contribution in [1.82, 2.24) is 0 Å². The number of amides is 1. The van der Waals surface area contributed by atoms with Crippen molar-refractivity contribution in [3.63, 3.8) is 0 Å². The number of hydrogen-bond donors (Lipinski definition) is 0. The van der Waals surface area contributed by atoms with Crippen LogP contribution in [-0.2, 0) is 19.2 Å². The van der Waals surface area contributed by atoms with Crippen LogP contribution in [0.4, 0.5) is 5.69 Å². The molecule has 1 aliphatic carbocycles. The third-order valence-electron chi connectivity index (χ3n) is 4.66. The first-order valence-electron chi connectivity index (χ1n) is 8.39. The summed E-state index contributed by atoms with van der Waals surface area (Å²) >= 11 is 0. The number of fused-ring (bicyclic) bond motifs is 1. The van der Waals surface area contributed by atoms with Crippen molar-refractivity contribution in [1.29, 1.82) is 0 Å². The zero-order chi connectivity index (χ0) is 18.2. The second-order valence-electron chi connectivity index (χ2n) is 7.40. The fourth-order valence-electron chi connectivity index (χ4n) is 3.51. The number of anilines is 1. The fourth-order valence-corrected chi connectivity index (χ4v) is 3.51. The summed E-state index contributed by atoms with van der Waals surface area (Å²) in [5.41, 5.74) is 0.221. The van der Waals surface area contributed by atoms with E-state index < -0.39 is 11.7 Å². The molecule has 6 nitrogen and oxygen atoms in total. The Kier molecular flexibility index (Phi) is 4.45. The average molecular weight is 343 g/mol. The van der Waals surface area contributed by atoms with Gasteiger partial charge in [0, 0.05) is 25.8 Å². The summed E-state index contributed by atoms with van der Waals surface area (Å²) in [6.45, 7) is 3.76. The van der Waals surface area contributed by atoms with Gasteiger partial charge in [-0.2, -0.15) is 0 Å². The van der Waals surface area contributed by atoms with Crippen LogP contribution in [0.2, 0.25) is 0 Å². The molecule has 0 unspecified atom stereocenters. The monoisotopic (exact) mass is 343 g/mol. The van der Waals surface area contributed by atoms with E-state index >= 15 is 0 Å². The number of ketones is 3. The van der Waals surface area contributed by atoms with Gasteiger partial charge in [0.1, 0.15) is 11.7 Å². The van der Waals surface area contributed by atoms with Crippen molar-refractivity contribution in [2.45, 2.75) is 33.1 Å². The van der Waals surface area contributed by atoms with E-state index in [0.29, 0.717) is 11.4 Å². The summed E-state index contributed by atoms with van der Waals surface area (Å²) in [7, 11) is 0. The molecule has 0 radical (unpaired) electrons. The molecule has 1 aromatic carbocycles. The lowest BCUT2D eigenvalue weighted by molar-refractivity contribution is -0.145. The van der Waals surface area contributed by atoms with Gasteiger partial charge in [-0.3, -0.25) is 19.2 Å². The van der Waals surface area contributed by atoms with Gasteiger partial charge in [0.25, 0.3) is 5.91 Å². The molecular formula is C19H21NO5. The molecule has 6 heteroatoms. The first-order valence-corrected chi connectivity index (χ1v) is 8.39. The van der Waals surface area contributed by atoms with Crippen LogP contribution < -0.4 is 9.64 Å². The third kappa shape index (κ3) is 3.48. The number of carbonyl (C=O) groups excluding carboxylic acids is 4. The molecule has 1 saturated carbocycles. The van der Waals surface area contributed by atoms with E-state index in [4.69, 9.17) is 4.74 Å². The Morgan fingerprint density at radius 1 is 1.16 bits per heavy atom. The molecule has 1 fully saturated rings. The van der Waals surface area contributed by atoms with Crippen LogP contribution in [0, 0.1) is 11.3 Å². The van der Waals surface area contributed by atoms with Gasteiger partial charge in [-0.1, -0.05) is 26.0 Å². The Balaban J connectivity index is 1.70. The Morgan fingerprint density at radius 3 is 2.48 bits per heavy atom. The molecule has 132 valence electrons. The standard InChI is InChI=1S/C19H21NO5/c1-19(2)9-14(22)18(15(23)10-19)13(21)7-8-20-12-5-3-4-6-16(12)25-11-17(20)24/h3-6,18H,7-11H2,1-2H3. The zero-order valence-corrected chi connectivity index (χ0v) is 14.4. The van der Waals surface area contributed by atoms with E-state index in [0.717, 1.165) is 0 Å². The number of para-hydroxylation sites is 2. The lowest BCUT2D eigenvalue weighted by Gasteiger charge is -2.32. The molecule has 1 amide bonds. The number of carbonyl (C=O) groups is 4. The summed E-state index contributed by atoms with van der Waals surface area (Å²) in [5, 5.41) is 0. The highest BCUT2D eigenvalue weighted by atomic mass is 16.5. The van der Waals surface area contributed by atoms with E-state index in [1.165, 1.54) is 4.90 Å². The molecule has 25 heavy (non-hydrogen) atoms. The van der Waals surface area contributed by atoms with Crippen LogP contribution in [0.3, 0.4) is 0 Å². The van der Waals surface area contributed by atoms with Gasteiger partial charge in [-0.05, 0) is 17.5 Å². The largest absolute Gasteiger partial charge is 0.482 e. The number of benzene rings is 1. The maximum atomic E-state index is 12.5. The molecule has 1 aromatic rings. The number of ether oxygens (including phenoxy) is 1. The van der Waals surface area contributed by atoms with Crippen molar-refractivity contribution in [3.05, 3.63) is 24.3 Å². The van der Waals surface area contributed by atoms with Gasteiger partial charge in [-0.15, -0.1) is 0 Å². The number of rotatable bonds is 4. The topological polar surface area (TPSA) is 80.8 Å². The Bertz CT molecular complexity index is 732. The van der Waals surface area contributed by atoms with Crippen LogP contribution >= 0.6 is 0 Å². The summed E-state index contributed by atoms with van der Waals surface area (Å²) in [5.74, 6) is -1.84. The molecule has 0 atom stereocenters. The van der Waals surface area contributed by atoms with Crippen LogP contribution in [-0.4, -0.2) is 36.4 Å². The van der Waals surface area contributed by atoms with E-state index in [1.807, 2.05) is 13.8 Å². The van der Waals surface area contributed by atoms with Gasteiger partial charge < -0.3 is 9.64 Å². The Labute approximate surface area is 146 Å². The SMILES string of the molecule is CC1(C)CC(=O)C(C(=O)CCN2C(=O)COc3ccccc32)C(=O)C1. The highest BCUT2D eigenvalue weighted by Crippen LogP contribution is 2.35. The van der Waals surface area contributed by atoms with Crippen molar-refractivity contribution < 1.29 is 23.9 Å². The Morgan fingerprint density at radius 2 is 1.80 bits per heavy atom. The number of hydrogen-bond acceptors (Lipinski definition) is 5. The molecule has 0 bridgehead atoms. The predicted octanol–water partition coefficient (Wildman–Crippen LogP) is 1.95. The molecule has 3 rings (SSSR count). The third-order valence-corrected chi connectivity index (χ3v) is 4.66. The molecule has 0 saturated heterocycles. The van der Waals surface area contributed by atoms with Crippen LogP contribution in [0.5, 0.6) is 5.75 Å². The van der Waals surface area contributed by atoms with Crippen molar-refractivity contribution in [2.75, 3.05) is 18.1 Å². The minimum atomic E-state index is -1.17. The van der Waals surface area contributed by atoms with E-state index in [2.05, 4.69) is 0 Å². The average Bonchev–Trinajstić information content (AvgIpc) is 2.52. The van der Waals surface area contributed by atoms with E-state index in [9.17, 15) is 19.2 Å². The minimum Gasteiger partial charge on any atom is -0.482 e. The van der Waals surface area contributed by atoms with Crippen molar-refractivity contribution in [3.8, 4) is 5.75 Å². The first-order chi connectivity index (χ1) is 11.8. The number of Topliss-reactive ketones (excluding diaryl/α,β-unsaturated/α-hetero) is 3. The normalized spacial score (nSPS) is 20.2. The molecule has 2 aliphatic rings. The van der Waals surface area contributed by atoms with Crippen LogP contribution in [0.1, 0.15) is 33.1 Å². The van der Waals surface area contributed by atoms with Gasteiger partial charge in [-0.25, -0.2) is 0 Å². The van der Waals surface area contributed by atoms with E-state index in [1.54, 1.807) is 24.3 Å². The molecule has 1 aliphatic heterocycles. The molecule has 0 N–H and O–H groups in total. The van der Waals surface area contributed by atoms with Crippen LogP contribution in [0.25, 0.3) is 0 Å².